The minimum atomic E-state index is -1.12. The molecule has 44 heavy (non-hydrogen) atoms. The van der Waals surface area contributed by atoms with Crippen molar-refractivity contribution in [2.75, 3.05) is 12.0 Å². The van der Waals surface area contributed by atoms with Crippen LogP contribution in [0.1, 0.15) is 39.7 Å². The van der Waals surface area contributed by atoms with E-state index in [1.165, 1.54) is 46.7 Å². The lowest BCUT2D eigenvalue weighted by Crippen LogP contribution is -2.29. The van der Waals surface area contributed by atoms with E-state index in [-0.39, 0.29) is 32.4 Å². The van der Waals surface area contributed by atoms with E-state index < -0.39 is 23.5 Å². The molecule has 0 spiro atoms. The number of ketones is 1. The highest BCUT2D eigenvalue weighted by Gasteiger charge is 2.49. The lowest BCUT2D eigenvalue weighted by atomic mass is 9.96. The fourth-order valence-electron chi connectivity index (χ4n) is 5.11. The van der Waals surface area contributed by atoms with Gasteiger partial charge in [0.05, 0.1) is 28.9 Å². The second-order valence-corrected chi connectivity index (χ2v) is 13.3. The van der Waals surface area contributed by atoms with E-state index in [0.717, 1.165) is 11.1 Å². The summed E-state index contributed by atoms with van der Waals surface area (Å²) in [7, 11) is 1.40. The number of thioether (sulfide) groups is 1. The van der Waals surface area contributed by atoms with Gasteiger partial charge in [-0.1, -0.05) is 59.0 Å². The van der Waals surface area contributed by atoms with Crippen molar-refractivity contribution in [1.82, 2.24) is 19.6 Å². The fourth-order valence-corrected chi connectivity index (χ4v) is 7.40. The molecule has 10 nitrogen and oxygen atoms in total. The molecule has 4 heterocycles. The second-order valence-electron chi connectivity index (χ2n) is 10.3. The van der Waals surface area contributed by atoms with Crippen molar-refractivity contribution in [3.63, 3.8) is 0 Å². The van der Waals surface area contributed by atoms with Gasteiger partial charge in [-0.15, -0.1) is 10.2 Å². The lowest BCUT2D eigenvalue weighted by molar-refractivity contribution is -0.132. The number of aliphatic hydroxyl groups excluding tert-OH is 1. The van der Waals surface area contributed by atoms with Gasteiger partial charge in [-0.25, -0.2) is 4.98 Å². The molecule has 6 rings (SSSR count). The molecule has 2 aromatic carbocycles. The average molecular weight is 693 g/mol. The number of phenols is 1. The van der Waals surface area contributed by atoms with E-state index in [9.17, 15) is 19.8 Å². The molecular formula is C31H26BrN5O5S2. The van der Waals surface area contributed by atoms with E-state index in [2.05, 4.69) is 31.1 Å². The predicted molar refractivity (Wildman–Crippen MR) is 172 cm³/mol. The maximum Gasteiger partial charge on any atom is 0.301 e. The van der Waals surface area contributed by atoms with Crippen LogP contribution in [0.2, 0.25) is 0 Å². The summed E-state index contributed by atoms with van der Waals surface area (Å²) in [5.74, 6) is -1.57. The molecule has 1 aliphatic rings. The third-order valence-corrected chi connectivity index (χ3v) is 10.2. The largest absolute Gasteiger partial charge is 0.505 e. The first-order valence-corrected chi connectivity index (χ1v) is 16.0. The number of imidazole rings is 1. The van der Waals surface area contributed by atoms with Gasteiger partial charge in [-0.05, 0) is 71.6 Å². The first kappa shape index (κ1) is 29.9. The molecule has 1 saturated heterocycles. The topological polar surface area (TPSA) is 130 Å². The van der Waals surface area contributed by atoms with E-state index in [0.29, 0.717) is 27.0 Å². The normalized spacial score (nSPS) is 16.3. The van der Waals surface area contributed by atoms with Crippen LogP contribution in [-0.4, -0.2) is 48.6 Å². The number of phenolic OH excluding ortho intramolecular Hbond substituents is 1. The number of halogens is 1. The molecule has 1 atom stereocenters. The highest BCUT2D eigenvalue weighted by Crippen LogP contribution is 2.47. The van der Waals surface area contributed by atoms with Crippen LogP contribution in [0.3, 0.4) is 0 Å². The molecule has 1 aliphatic heterocycles. The number of nitrogens with zero attached hydrogens (tertiary/aromatic N) is 5. The summed E-state index contributed by atoms with van der Waals surface area (Å²) in [5.41, 5.74) is 4.78. The number of carbonyl (C=O) groups is 2. The average Bonchev–Trinajstić information content (AvgIpc) is 3.69. The number of fused-ring (bicyclic) bond motifs is 1. The van der Waals surface area contributed by atoms with Gasteiger partial charge in [-0.2, -0.15) is 0 Å². The van der Waals surface area contributed by atoms with Crippen LogP contribution < -0.4 is 9.64 Å². The maximum absolute atomic E-state index is 13.7. The molecule has 0 radical (unpaired) electrons. The Morgan fingerprint density at radius 3 is 2.57 bits per heavy atom. The number of anilines is 1. The first-order valence-electron chi connectivity index (χ1n) is 13.4. The van der Waals surface area contributed by atoms with Gasteiger partial charge in [0, 0.05) is 11.9 Å². The third-order valence-electron chi connectivity index (χ3n) is 7.42. The van der Waals surface area contributed by atoms with Crippen molar-refractivity contribution in [3.05, 3.63) is 98.4 Å². The number of ether oxygens (including phenoxy) is 1. The summed E-state index contributed by atoms with van der Waals surface area (Å²) in [6.45, 7) is 5.70. The molecule has 1 amide bonds. The van der Waals surface area contributed by atoms with Gasteiger partial charge in [0.2, 0.25) is 5.13 Å². The summed E-state index contributed by atoms with van der Waals surface area (Å²) in [6, 6.07) is 13.9. The van der Waals surface area contributed by atoms with Gasteiger partial charge < -0.3 is 19.4 Å². The first-order chi connectivity index (χ1) is 21.1. The number of benzene rings is 2. The van der Waals surface area contributed by atoms with Gasteiger partial charge in [0.25, 0.3) is 5.78 Å². The van der Waals surface area contributed by atoms with E-state index in [4.69, 9.17) is 4.74 Å². The second kappa shape index (κ2) is 11.7. The van der Waals surface area contributed by atoms with Crippen molar-refractivity contribution in [3.8, 4) is 11.5 Å². The highest BCUT2D eigenvalue weighted by molar-refractivity contribution is 9.10. The Balaban J connectivity index is 1.48. The Kier molecular flexibility index (Phi) is 7.95. The van der Waals surface area contributed by atoms with Crippen LogP contribution in [0.4, 0.5) is 5.13 Å². The number of amides is 1. The zero-order valence-corrected chi connectivity index (χ0v) is 27.2. The lowest BCUT2D eigenvalue weighted by Gasteiger charge is -2.23. The molecule has 1 fully saturated rings. The van der Waals surface area contributed by atoms with Crippen molar-refractivity contribution in [2.24, 2.45) is 0 Å². The quantitative estimate of drug-likeness (QED) is 0.0645. The number of Topliss-reactive ketones (excluding diaryl/α,β-unsaturated/α-hetero) is 1. The molecule has 0 bridgehead atoms. The molecule has 3 aromatic heterocycles. The molecule has 1 unspecified atom stereocenters. The number of aliphatic hydroxyl groups is 1. The van der Waals surface area contributed by atoms with Crippen LogP contribution in [0.25, 0.3) is 11.4 Å². The van der Waals surface area contributed by atoms with Crippen molar-refractivity contribution in [2.45, 2.75) is 36.9 Å². The standard InChI is InChI=1S/C31H26BrN5O5S2/c1-15-7-9-18(10-8-15)14-43-31-35-34-30(44-31)37-24(19-12-20(32)25(38)21(13-19)42-4)22(27(40)29(37)41)26(39)23-17(3)36-11-5-6-16(2)28(36)33-23/h5-13,24,38-39H,14H2,1-4H3/b26-22+. The number of aryl methyl sites for hydroxylation is 3. The smallest absolute Gasteiger partial charge is 0.301 e. The summed E-state index contributed by atoms with van der Waals surface area (Å²) in [4.78, 5) is 33.3. The zero-order chi connectivity index (χ0) is 31.3. The van der Waals surface area contributed by atoms with Gasteiger partial charge in [-0.3, -0.25) is 14.5 Å². The number of rotatable bonds is 7. The van der Waals surface area contributed by atoms with Crippen LogP contribution in [0.15, 0.2) is 69.1 Å². The molecule has 2 N–H and O–H groups in total. The fraction of sp³-hybridized carbons (Fsp3) is 0.194. The molecular weight excluding hydrogens is 666 g/mol. The van der Waals surface area contributed by atoms with E-state index in [1.807, 2.05) is 60.8 Å². The molecule has 13 heteroatoms. The van der Waals surface area contributed by atoms with Crippen molar-refractivity contribution >= 4 is 67.3 Å². The maximum atomic E-state index is 13.7. The number of aromatic nitrogens is 4. The molecule has 224 valence electrons. The van der Waals surface area contributed by atoms with Crippen LogP contribution >= 0.6 is 39.0 Å². The third kappa shape index (κ3) is 5.14. The number of methoxy groups -OCH3 is 1. The zero-order valence-electron chi connectivity index (χ0n) is 24.0. The minimum absolute atomic E-state index is 0.117. The Bertz CT molecular complexity index is 1990. The Morgan fingerprint density at radius 2 is 1.86 bits per heavy atom. The number of aromatic hydroxyl groups is 1. The summed E-state index contributed by atoms with van der Waals surface area (Å²) in [5, 5.41) is 31.0. The number of pyridine rings is 1. The molecule has 0 aliphatic carbocycles. The van der Waals surface area contributed by atoms with Crippen LogP contribution in [-0.2, 0) is 15.3 Å². The SMILES string of the molecule is COc1cc(C2/C(=C(\O)c3nc4c(C)cccn4c3C)C(=O)C(=O)N2c2nnc(SCc3ccc(C)cc3)s2)cc(Br)c1O. The summed E-state index contributed by atoms with van der Waals surface area (Å²) < 4.78 is 8.07. The summed E-state index contributed by atoms with van der Waals surface area (Å²) >= 11 is 5.98. The van der Waals surface area contributed by atoms with E-state index in [1.54, 1.807) is 13.0 Å². The van der Waals surface area contributed by atoms with Crippen molar-refractivity contribution in [1.29, 1.82) is 0 Å². The molecule has 5 aromatic rings. The van der Waals surface area contributed by atoms with Gasteiger partial charge >= 0.3 is 5.91 Å². The highest BCUT2D eigenvalue weighted by atomic mass is 79.9. The van der Waals surface area contributed by atoms with Gasteiger partial charge in [0.1, 0.15) is 11.3 Å². The van der Waals surface area contributed by atoms with Crippen LogP contribution in [0.5, 0.6) is 11.5 Å². The summed E-state index contributed by atoms with van der Waals surface area (Å²) in [6.07, 6.45) is 1.82. The van der Waals surface area contributed by atoms with E-state index >= 15 is 0 Å². The monoisotopic (exact) mass is 691 g/mol. The molecule has 0 saturated carbocycles. The van der Waals surface area contributed by atoms with Crippen molar-refractivity contribution < 1.29 is 24.5 Å². The number of carbonyl (C=O) groups excluding carboxylic acids is 2. The predicted octanol–water partition coefficient (Wildman–Crippen LogP) is 6.51. The van der Waals surface area contributed by atoms with Crippen LogP contribution in [0, 0.1) is 20.8 Å². The number of hydrogen-bond donors (Lipinski definition) is 2. The Morgan fingerprint density at radius 1 is 1.11 bits per heavy atom. The number of hydrogen-bond acceptors (Lipinski definition) is 10. The van der Waals surface area contributed by atoms with Gasteiger partial charge in [0.15, 0.2) is 21.6 Å². The Hall–Kier alpha value is -4.20. The Labute approximate surface area is 269 Å². The minimum Gasteiger partial charge on any atom is -0.505 e.